The highest BCUT2D eigenvalue weighted by Crippen LogP contribution is 2.25. The number of phenols is 2. The van der Waals surface area contributed by atoms with Crippen molar-refractivity contribution in [3.8, 4) is 11.5 Å². The van der Waals surface area contributed by atoms with Crippen molar-refractivity contribution in [1.82, 2.24) is 10.2 Å². The predicted molar refractivity (Wildman–Crippen MR) is 65.0 cm³/mol. The van der Waals surface area contributed by atoms with Gasteiger partial charge in [-0.05, 0) is 31.2 Å². The van der Waals surface area contributed by atoms with E-state index in [1.165, 1.54) is 17.0 Å². The Bertz CT molecular complexity index is 405. The van der Waals surface area contributed by atoms with Gasteiger partial charge >= 0.3 is 0 Å². The standard InChI is InChI=1S/C12H18N2O3/c1-13-9(12(17)14(2)3)6-8-4-5-10(15)11(16)7-8/h4-5,7,9,13,15-16H,6H2,1-3H3. The van der Waals surface area contributed by atoms with Crippen molar-refractivity contribution >= 4 is 5.91 Å². The lowest BCUT2D eigenvalue weighted by Gasteiger charge is -2.20. The molecule has 0 aromatic heterocycles. The molecule has 0 aliphatic carbocycles. The molecular weight excluding hydrogens is 220 g/mol. The van der Waals surface area contributed by atoms with Crippen LogP contribution in [0.3, 0.4) is 0 Å². The third kappa shape index (κ3) is 3.35. The van der Waals surface area contributed by atoms with Crippen LogP contribution in [0.25, 0.3) is 0 Å². The summed E-state index contributed by atoms with van der Waals surface area (Å²) >= 11 is 0. The molecule has 0 aliphatic rings. The van der Waals surface area contributed by atoms with Crippen molar-refractivity contribution in [3.63, 3.8) is 0 Å². The lowest BCUT2D eigenvalue weighted by molar-refractivity contribution is -0.130. The average molecular weight is 238 g/mol. The molecule has 1 atom stereocenters. The van der Waals surface area contributed by atoms with Gasteiger partial charge in [-0.15, -0.1) is 0 Å². The summed E-state index contributed by atoms with van der Waals surface area (Å²) in [7, 11) is 5.11. The van der Waals surface area contributed by atoms with E-state index in [0.29, 0.717) is 6.42 Å². The molecule has 0 aliphatic heterocycles. The lowest BCUT2D eigenvalue weighted by atomic mass is 10.0. The van der Waals surface area contributed by atoms with Crippen molar-refractivity contribution in [2.24, 2.45) is 0 Å². The van der Waals surface area contributed by atoms with Crippen LogP contribution in [-0.2, 0) is 11.2 Å². The first-order chi connectivity index (χ1) is 7.95. The summed E-state index contributed by atoms with van der Waals surface area (Å²) in [6.45, 7) is 0. The molecule has 1 unspecified atom stereocenters. The molecule has 5 heteroatoms. The predicted octanol–water partition coefficient (Wildman–Crippen LogP) is 0.316. The van der Waals surface area contributed by atoms with Gasteiger partial charge in [0.15, 0.2) is 11.5 Å². The summed E-state index contributed by atoms with van der Waals surface area (Å²) in [5.74, 6) is -0.358. The normalized spacial score (nSPS) is 12.2. The molecule has 1 amide bonds. The summed E-state index contributed by atoms with van der Waals surface area (Å²) in [6, 6.07) is 4.22. The summed E-state index contributed by atoms with van der Waals surface area (Å²) < 4.78 is 0. The number of nitrogens with one attached hydrogen (secondary N) is 1. The molecule has 1 rings (SSSR count). The number of carbonyl (C=O) groups is 1. The maximum atomic E-state index is 11.8. The Balaban J connectivity index is 2.80. The second-order valence-corrected chi connectivity index (χ2v) is 4.10. The minimum atomic E-state index is -0.339. The smallest absolute Gasteiger partial charge is 0.239 e. The Morgan fingerprint density at radius 2 is 2.00 bits per heavy atom. The fourth-order valence-electron chi connectivity index (χ4n) is 1.56. The Kier molecular flexibility index (Phi) is 4.34. The molecule has 0 fully saturated rings. The highest BCUT2D eigenvalue weighted by molar-refractivity contribution is 5.81. The van der Waals surface area contributed by atoms with Crippen LogP contribution in [-0.4, -0.2) is 48.2 Å². The van der Waals surface area contributed by atoms with E-state index in [4.69, 9.17) is 0 Å². The summed E-state index contributed by atoms with van der Waals surface area (Å²) in [5.41, 5.74) is 0.787. The number of amides is 1. The zero-order valence-corrected chi connectivity index (χ0v) is 10.3. The number of likely N-dealkylation sites (N-methyl/N-ethyl adjacent to an activating group) is 2. The second kappa shape index (κ2) is 5.54. The van der Waals surface area contributed by atoms with E-state index in [2.05, 4.69) is 5.32 Å². The van der Waals surface area contributed by atoms with Gasteiger partial charge in [-0.1, -0.05) is 6.07 Å². The third-order valence-corrected chi connectivity index (χ3v) is 2.57. The molecule has 0 heterocycles. The zero-order valence-electron chi connectivity index (χ0n) is 10.3. The van der Waals surface area contributed by atoms with Gasteiger partial charge in [0, 0.05) is 14.1 Å². The van der Waals surface area contributed by atoms with E-state index >= 15 is 0 Å². The number of aromatic hydroxyl groups is 2. The monoisotopic (exact) mass is 238 g/mol. The fourth-order valence-corrected chi connectivity index (χ4v) is 1.56. The summed E-state index contributed by atoms with van der Waals surface area (Å²) in [4.78, 5) is 13.3. The van der Waals surface area contributed by atoms with Crippen LogP contribution in [0.4, 0.5) is 0 Å². The molecule has 0 radical (unpaired) electrons. The molecular formula is C12H18N2O3. The highest BCUT2D eigenvalue weighted by Gasteiger charge is 2.18. The number of nitrogens with zero attached hydrogens (tertiary/aromatic N) is 1. The minimum Gasteiger partial charge on any atom is -0.504 e. The average Bonchev–Trinajstić information content (AvgIpc) is 2.29. The molecule has 1 aromatic rings. The fraction of sp³-hybridized carbons (Fsp3) is 0.417. The first-order valence-electron chi connectivity index (χ1n) is 5.35. The highest BCUT2D eigenvalue weighted by atomic mass is 16.3. The largest absolute Gasteiger partial charge is 0.504 e. The van der Waals surface area contributed by atoms with Crippen LogP contribution in [0.5, 0.6) is 11.5 Å². The molecule has 94 valence electrons. The van der Waals surface area contributed by atoms with Crippen LogP contribution < -0.4 is 5.32 Å². The SMILES string of the molecule is CNC(Cc1ccc(O)c(O)c1)C(=O)N(C)C. The third-order valence-electron chi connectivity index (χ3n) is 2.57. The van der Waals surface area contributed by atoms with Crippen LogP contribution in [0.15, 0.2) is 18.2 Å². The van der Waals surface area contributed by atoms with Gasteiger partial charge in [-0.25, -0.2) is 0 Å². The number of carbonyl (C=O) groups excluding carboxylic acids is 1. The molecule has 0 saturated carbocycles. The van der Waals surface area contributed by atoms with Crippen LogP contribution in [0.1, 0.15) is 5.56 Å². The lowest BCUT2D eigenvalue weighted by Crippen LogP contribution is -2.43. The van der Waals surface area contributed by atoms with E-state index in [0.717, 1.165) is 5.56 Å². The van der Waals surface area contributed by atoms with Gasteiger partial charge in [0.25, 0.3) is 0 Å². The Labute approximate surface area is 101 Å². The van der Waals surface area contributed by atoms with Gasteiger partial charge < -0.3 is 20.4 Å². The first kappa shape index (κ1) is 13.3. The molecule has 17 heavy (non-hydrogen) atoms. The van der Waals surface area contributed by atoms with Crippen molar-refractivity contribution in [2.75, 3.05) is 21.1 Å². The van der Waals surface area contributed by atoms with Gasteiger partial charge in [-0.3, -0.25) is 4.79 Å². The van der Waals surface area contributed by atoms with E-state index in [-0.39, 0.29) is 23.4 Å². The van der Waals surface area contributed by atoms with Crippen LogP contribution in [0, 0.1) is 0 Å². The van der Waals surface area contributed by atoms with Crippen molar-refractivity contribution < 1.29 is 15.0 Å². The van der Waals surface area contributed by atoms with E-state index in [9.17, 15) is 15.0 Å². The first-order valence-corrected chi connectivity index (χ1v) is 5.35. The number of rotatable bonds is 4. The number of hydrogen-bond acceptors (Lipinski definition) is 4. The zero-order chi connectivity index (χ0) is 13.0. The molecule has 0 saturated heterocycles. The molecule has 0 bridgehead atoms. The quantitative estimate of drug-likeness (QED) is 0.660. The topological polar surface area (TPSA) is 72.8 Å². The Morgan fingerprint density at radius 1 is 1.35 bits per heavy atom. The van der Waals surface area contributed by atoms with Gasteiger partial charge in [-0.2, -0.15) is 0 Å². The van der Waals surface area contributed by atoms with Crippen molar-refractivity contribution in [2.45, 2.75) is 12.5 Å². The van der Waals surface area contributed by atoms with Gasteiger partial charge in [0.2, 0.25) is 5.91 Å². The molecule has 3 N–H and O–H groups in total. The molecule has 0 spiro atoms. The number of phenolic OH excluding ortho intramolecular Hbond substituents is 2. The van der Waals surface area contributed by atoms with Gasteiger partial charge in [0.05, 0.1) is 6.04 Å². The number of hydrogen-bond donors (Lipinski definition) is 3. The number of benzene rings is 1. The second-order valence-electron chi connectivity index (χ2n) is 4.10. The Hall–Kier alpha value is -1.75. The molecule has 1 aromatic carbocycles. The van der Waals surface area contributed by atoms with E-state index in [1.807, 2.05) is 0 Å². The minimum absolute atomic E-state index is 0.0277. The maximum Gasteiger partial charge on any atom is 0.239 e. The van der Waals surface area contributed by atoms with Crippen molar-refractivity contribution in [3.05, 3.63) is 23.8 Å². The summed E-state index contributed by atoms with van der Waals surface area (Å²) in [6.07, 6.45) is 0.460. The van der Waals surface area contributed by atoms with Gasteiger partial charge in [0.1, 0.15) is 0 Å². The van der Waals surface area contributed by atoms with Crippen LogP contribution >= 0.6 is 0 Å². The Morgan fingerprint density at radius 3 is 2.47 bits per heavy atom. The van der Waals surface area contributed by atoms with E-state index < -0.39 is 0 Å². The van der Waals surface area contributed by atoms with Crippen LogP contribution in [0.2, 0.25) is 0 Å². The van der Waals surface area contributed by atoms with Crippen molar-refractivity contribution in [1.29, 1.82) is 0 Å². The van der Waals surface area contributed by atoms with E-state index in [1.54, 1.807) is 27.2 Å². The maximum absolute atomic E-state index is 11.8. The summed E-state index contributed by atoms with van der Waals surface area (Å²) in [5, 5.41) is 21.5. The molecule has 5 nitrogen and oxygen atoms in total.